The van der Waals surface area contributed by atoms with E-state index in [2.05, 4.69) is 3.77 Å². The Labute approximate surface area is 121 Å². The zero-order valence-corrected chi connectivity index (χ0v) is 12.8. The fraction of sp³-hybridized carbons (Fsp3) is 0.143. The molecule has 0 bridgehead atoms. The molecular weight excluding hydrogens is 294 g/mol. The molecule has 0 saturated carbocycles. The summed E-state index contributed by atoms with van der Waals surface area (Å²) in [6, 6.07) is 15.6. The lowest BCUT2D eigenvalue weighted by Crippen LogP contribution is -2.00. The van der Waals surface area contributed by atoms with Crippen molar-refractivity contribution >= 4 is 20.7 Å². The van der Waals surface area contributed by atoms with Crippen LogP contribution in [0.4, 0.5) is 0 Å². The summed E-state index contributed by atoms with van der Waals surface area (Å²) in [7, 11) is -2.82. The first-order chi connectivity index (χ1) is 9.53. The summed E-state index contributed by atoms with van der Waals surface area (Å²) in [5.41, 5.74) is 0. The average molecular weight is 309 g/mol. The van der Waals surface area contributed by atoms with Crippen molar-refractivity contribution in [3.05, 3.63) is 54.6 Å². The molecular formula is C14H15NO3S2. The van der Waals surface area contributed by atoms with Gasteiger partial charge in [0.25, 0.3) is 10.0 Å². The Balaban J connectivity index is 2.35. The van der Waals surface area contributed by atoms with Crippen molar-refractivity contribution < 1.29 is 13.2 Å². The number of rotatable bonds is 4. The molecule has 106 valence electrons. The van der Waals surface area contributed by atoms with Gasteiger partial charge in [-0.3, -0.25) is 0 Å². The molecule has 4 nitrogen and oxygen atoms in total. The Kier molecular flexibility index (Phi) is 4.57. The van der Waals surface area contributed by atoms with Crippen molar-refractivity contribution in [1.82, 2.24) is 0 Å². The summed E-state index contributed by atoms with van der Waals surface area (Å²) >= 11 is 0. The summed E-state index contributed by atoms with van der Waals surface area (Å²) in [4.78, 5) is 1.07. The predicted molar refractivity (Wildman–Crippen MR) is 80.6 cm³/mol. The van der Waals surface area contributed by atoms with Gasteiger partial charge in [-0.25, -0.2) is 0 Å². The second-order valence-electron chi connectivity index (χ2n) is 4.02. The van der Waals surface area contributed by atoms with Crippen molar-refractivity contribution in [2.45, 2.75) is 9.79 Å². The van der Waals surface area contributed by atoms with Gasteiger partial charge in [0.15, 0.2) is 0 Å². The fourth-order valence-electron chi connectivity index (χ4n) is 1.60. The first-order valence-corrected chi connectivity index (χ1v) is 8.89. The largest absolute Gasteiger partial charge is 0.497 e. The van der Waals surface area contributed by atoms with E-state index in [1.54, 1.807) is 18.4 Å². The molecule has 2 rings (SSSR count). The van der Waals surface area contributed by atoms with Crippen LogP contribution in [0.15, 0.2) is 68.2 Å². The molecule has 1 atom stereocenters. The molecule has 0 radical (unpaired) electrons. The van der Waals surface area contributed by atoms with Gasteiger partial charge in [0.2, 0.25) is 0 Å². The Morgan fingerprint density at radius 3 is 2.15 bits per heavy atom. The lowest BCUT2D eigenvalue weighted by molar-refractivity contribution is 0.414. The quantitative estimate of drug-likeness (QED) is 0.872. The summed E-state index contributed by atoms with van der Waals surface area (Å²) in [6.07, 6.45) is 1.79. The van der Waals surface area contributed by atoms with Crippen LogP contribution in [0.25, 0.3) is 0 Å². The summed E-state index contributed by atoms with van der Waals surface area (Å²) in [5.74, 6) is 0.613. The maximum Gasteiger partial charge on any atom is 0.288 e. The standard InChI is InChI=1S/C14H15NO3S2/c1-18-12-8-10-14(11-9-12)20(16,17)15-19(2)13-6-4-3-5-7-13/h3-11H,1-2H3. The topological polar surface area (TPSA) is 55.7 Å². The normalized spacial score (nSPS) is 13.1. The van der Waals surface area contributed by atoms with E-state index in [0.29, 0.717) is 5.75 Å². The Morgan fingerprint density at radius 2 is 1.60 bits per heavy atom. The number of ether oxygens (including phenoxy) is 1. The maximum atomic E-state index is 12.2. The van der Waals surface area contributed by atoms with Crippen LogP contribution < -0.4 is 4.74 Å². The van der Waals surface area contributed by atoms with E-state index in [4.69, 9.17) is 4.74 Å². The SMILES string of the molecule is COc1ccc(S(=O)(=O)/N=S(\C)c2ccccc2)cc1. The van der Waals surface area contributed by atoms with E-state index in [0.717, 1.165) is 4.90 Å². The molecule has 2 aromatic carbocycles. The number of sulfonamides is 1. The molecule has 0 aliphatic rings. The first-order valence-electron chi connectivity index (χ1n) is 5.86. The number of benzene rings is 2. The monoisotopic (exact) mass is 309 g/mol. The Hall–Kier alpha value is -1.66. The van der Waals surface area contributed by atoms with E-state index >= 15 is 0 Å². The molecule has 0 N–H and O–H groups in total. The summed E-state index contributed by atoms with van der Waals surface area (Å²) < 4.78 is 33.4. The van der Waals surface area contributed by atoms with Crippen molar-refractivity contribution in [3.63, 3.8) is 0 Å². The minimum Gasteiger partial charge on any atom is -0.497 e. The van der Waals surface area contributed by atoms with Gasteiger partial charge in [-0.05, 0) is 42.7 Å². The minimum absolute atomic E-state index is 0.175. The second kappa shape index (κ2) is 6.19. The van der Waals surface area contributed by atoms with Gasteiger partial charge in [-0.15, -0.1) is 3.77 Å². The van der Waals surface area contributed by atoms with Crippen LogP contribution in [0, 0.1) is 0 Å². The highest BCUT2D eigenvalue weighted by Gasteiger charge is 2.13. The third-order valence-electron chi connectivity index (χ3n) is 2.65. The van der Waals surface area contributed by atoms with Crippen LogP contribution in [0.1, 0.15) is 0 Å². The Morgan fingerprint density at radius 1 is 1.00 bits per heavy atom. The molecule has 0 aromatic heterocycles. The zero-order valence-electron chi connectivity index (χ0n) is 11.2. The van der Waals surface area contributed by atoms with Crippen LogP contribution in [0.5, 0.6) is 5.75 Å². The average Bonchev–Trinajstić information content (AvgIpc) is 2.48. The van der Waals surface area contributed by atoms with Crippen molar-refractivity contribution in [2.24, 2.45) is 3.77 Å². The molecule has 1 unspecified atom stereocenters. The van der Waals surface area contributed by atoms with Gasteiger partial charge in [-0.2, -0.15) is 8.42 Å². The highest BCUT2D eigenvalue weighted by Crippen LogP contribution is 2.19. The molecule has 2 aromatic rings. The molecule has 6 heteroatoms. The fourth-order valence-corrected chi connectivity index (χ4v) is 4.50. The van der Waals surface area contributed by atoms with Gasteiger partial charge in [-0.1, -0.05) is 28.9 Å². The minimum atomic E-state index is -3.65. The third-order valence-corrected chi connectivity index (χ3v) is 6.15. The molecule has 0 amide bonds. The molecule has 0 aliphatic heterocycles. The van der Waals surface area contributed by atoms with Crippen LogP contribution in [-0.4, -0.2) is 21.8 Å². The van der Waals surface area contributed by atoms with Crippen LogP contribution in [0.2, 0.25) is 0 Å². The molecule has 0 heterocycles. The van der Waals surface area contributed by atoms with Gasteiger partial charge < -0.3 is 4.74 Å². The highest BCUT2D eigenvalue weighted by molar-refractivity contribution is 7.99. The van der Waals surface area contributed by atoms with E-state index < -0.39 is 20.7 Å². The van der Waals surface area contributed by atoms with Crippen molar-refractivity contribution in [2.75, 3.05) is 13.4 Å². The van der Waals surface area contributed by atoms with Gasteiger partial charge in [0.1, 0.15) is 5.75 Å². The molecule has 0 saturated heterocycles. The Bertz CT molecular complexity index is 708. The second-order valence-corrected chi connectivity index (χ2v) is 7.46. The summed E-state index contributed by atoms with van der Waals surface area (Å²) in [5, 5.41) is 0. The molecule has 20 heavy (non-hydrogen) atoms. The van der Waals surface area contributed by atoms with Crippen LogP contribution in [-0.2, 0) is 20.7 Å². The third kappa shape index (κ3) is 3.46. The number of hydrogen-bond donors (Lipinski definition) is 0. The van der Waals surface area contributed by atoms with Crippen molar-refractivity contribution in [1.29, 1.82) is 0 Å². The number of hydrogen-bond acceptors (Lipinski definition) is 3. The van der Waals surface area contributed by atoms with Gasteiger partial charge >= 0.3 is 0 Å². The molecule has 0 fully saturated rings. The molecule has 0 spiro atoms. The van der Waals surface area contributed by atoms with E-state index in [1.165, 1.54) is 19.2 Å². The molecule has 0 aliphatic carbocycles. The van der Waals surface area contributed by atoms with E-state index in [1.807, 2.05) is 30.3 Å². The van der Waals surface area contributed by atoms with Crippen LogP contribution >= 0.6 is 0 Å². The zero-order chi connectivity index (χ0) is 14.6. The summed E-state index contributed by atoms with van der Waals surface area (Å²) in [6.45, 7) is 0. The lowest BCUT2D eigenvalue weighted by atomic mass is 10.3. The number of nitrogens with zero attached hydrogens (tertiary/aromatic N) is 1. The lowest BCUT2D eigenvalue weighted by Gasteiger charge is -2.04. The predicted octanol–water partition coefficient (Wildman–Crippen LogP) is 2.87. The first kappa shape index (κ1) is 14.7. The van der Waals surface area contributed by atoms with E-state index in [9.17, 15) is 8.42 Å². The van der Waals surface area contributed by atoms with Gasteiger partial charge in [0.05, 0.1) is 12.0 Å². The van der Waals surface area contributed by atoms with E-state index in [-0.39, 0.29) is 4.90 Å². The highest BCUT2D eigenvalue weighted by atomic mass is 32.3. The van der Waals surface area contributed by atoms with Crippen molar-refractivity contribution in [3.8, 4) is 5.75 Å². The van der Waals surface area contributed by atoms with Gasteiger partial charge in [0, 0.05) is 4.90 Å². The maximum absolute atomic E-state index is 12.2. The smallest absolute Gasteiger partial charge is 0.288 e. The number of methoxy groups -OCH3 is 1. The van der Waals surface area contributed by atoms with Crippen LogP contribution in [0.3, 0.4) is 0 Å².